The van der Waals surface area contributed by atoms with E-state index in [0.29, 0.717) is 12.2 Å². The molecular weight excluding hydrogens is 272 g/mol. The number of hydrogen-bond acceptors (Lipinski definition) is 4. The maximum atomic E-state index is 11.8. The van der Waals surface area contributed by atoms with E-state index in [4.69, 9.17) is 21.4 Å². The van der Waals surface area contributed by atoms with E-state index in [9.17, 15) is 14.7 Å². The molecule has 0 bridgehead atoms. The number of hydrogen-bond donors (Lipinski definition) is 2. The molecule has 104 valence electrons. The smallest absolute Gasteiger partial charge is 0.337 e. The number of carbonyl (C=O) groups excluding carboxylic acids is 1. The summed E-state index contributed by atoms with van der Waals surface area (Å²) in [6.07, 6.45) is -1.47. The Bertz CT molecular complexity index is 472. The molecule has 1 aromatic rings. The molecule has 0 heterocycles. The largest absolute Gasteiger partial charge is 0.493 e. The van der Waals surface area contributed by atoms with Crippen LogP contribution in [0.25, 0.3) is 0 Å². The number of halogens is 1. The first-order valence-electron chi connectivity index (χ1n) is 5.78. The molecule has 0 saturated carbocycles. The zero-order valence-electron chi connectivity index (χ0n) is 10.4. The van der Waals surface area contributed by atoms with E-state index in [-0.39, 0.29) is 29.4 Å². The molecule has 0 spiro atoms. The SMILES string of the molecule is CCOc1cc(C(O)C(=O)O)ccc1C(=O)CCCl. The number of ether oxygens (including phenoxy) is 1. The Labute approximate surface area is 115 Å². The quantitative estimate of drug-likeness (QED) is 0.592. The highest BCUT2D eigenvalue weighted by molar-refractivity contribution is 6.19. The van der Waals surface area contributed by atoms with E-state index in [1.807, 2.05) is 0 Å². The van der Waals surface area contributed by atoms with Gasteiger partial charge in [0, 0.05) is 12.3 Å². The van der Waals surface area contributed by atoms with Crippen LogP contribution in [0.3, 0.4) is 0 Å². The number of Topliss-reactive ketones (excluding diaryl/α,β-unsaturated/α-hetero) is 1. The fourth-order valence-electron chi connectivity index (χ4n) is 1.58. The number of ketones is 1. The van der Waals surface area contributed by atoms with Gasteiger partial charge >= 0.3 is 5.97 Å². The molecule has 0 aromatic heterocycles. The van der Waals surface area contributed by atoms with Gasteiger partial charge in [0.2, 0.25) is 0 Å². The zero-order chi connectivity index (χ0) is 14.4. The molecule has 6 heteroatoms. The molecule has 0 saturated heterocycles. The lowest BCUT2D eigenvalue weighted by Gasteiger charge is -2.12. The maximum Gasteiger partial charge on any atom is 0.337 e. The number of aliphatic hydroxyl groups is 1. The van der Waals surface area contributed by atoms with Gasteiger partial charge < -0.3 is 14.9 Å². The third-order valence-electron chi connectivity index (χ3n) is 2.48. The Morgan fingerprint density at radius 2 is 2.11 bits per heavy atom. The van der Waals surface area contributed by atoms with Gasteiger partial charge in [-0.05, 0) is 24.6 Å². The molecular formula is C13H15ClO5. The first-order chi connectivity index (χ1) is 9.01. The highest BCUT2D eigenvalue weighted by Gasteiger charge is 2.19. The minimum atomic E-state index is -1.64. The molecule has 2 N–H and O–H groups in total. The lowest BCUT2D eigenvalue weighted by Crippen LogP contribution is -2.12. The molecule has 1 rings (SSSR count). The van der Waals surface area contributed by atoms with Crippen molar-refractivity contribution in [2.75, 3.05) is 12.5 Å². The Morgan fingerprint density at radius 3 is 2.63 bits per heavy atom. The Morgan fingerprint density at radius 1 is 1.42 bits per heavy atom. The molecule has 5 nitrogen and oxygen atoms in total. The fraction of sp³-hybridized carbons (Fsp3) is 0.385. The van der Waals surface area contributed by atoms with Gasteiger partial charge in [0.1, 0.15) is 5.75 Å². The summed E-state index contributed by atoms with van der Waals surface area (Å²) in [5, 5.41) is 18.2. The second kappa shape index (κ2) is 7.11. The van der Waals surface area contributed by atoms with Gasteiger partial charge in [-0.1, -0.05) is 6.07 Å². The van der Waals surface area contributed by atoms with Crippen LogP contribution in [0.4, 0.5) is 0 Å². The van der Waals surface area contributed by atoms with Crippen LogP contribution in [0.2, 0.25) is 0 Å². The van der Waals surface area contributed by atoms with Crippen LogP contribution in [0.5, 0.6) is 5.75 Å². The normalized spacial score (nSPS) is 11.9. The average Bonchev–Trinajstić information content (AvgIpc) is 2.38. The zero-order valence-corrected chi connectivity index (χ0v) is 11.2. The summed E-state index contributed by atoms with van der Waals surface area (Å²) in [4.78, 5) is 22.5. The van der Waals surface area contributed by atoms with Crippen LogP contribution in [0, 0.1) is 0 Å². The summed E-state index contributed by atoms with van der Waals surface area (Å²) < 4.78 is 5.31. The lowest BCUT2D eigenvalue weighted by molar-refractivity contribution is -0.146. The van der Waals surface area contributed by atoms with E-state index >= 15 is 0 Å². The van der Waals surface area contributed by atoms with Crippen LogP contribution >= 0.6 is 11.6 Å². The highest BCUT2D eigenvalue weighted by Crippen LogP contribution is 2.25. The topological polar surface area (TPSA) is 83.8 Å². The molecule has 1 unspecified atom stereocenters. The van der Waals surface area contributed by atoms with Crippen LogP contribution in [-0.2, 0) is 4.79 Å². The summed E-state index contributed by atoms with van der Waals surface area (Å²) in [5.41, 5.74) is 0.502. The van der Waals surface area contributed by atoms with Crippen molar-refractivity contribution in [3.8, 4) is 5.75 Å². The highest BCUT2D eigenvalue weighted by atomic mass is 35.5. The molecule has 0 radical (unpaired) electrons. The minimum absolute atomic E-state index is 0.165. The molecule has 0 fully saturated rings. The predicted molar refractivity (Wildman–Crippen MR) is 69.9 cm³/mol. The Hall–Kier alpha value is -1.59. The van der Waals surface area contributed by atoms with Gasteiger partial charge in [-0.3, -0.25) is 4.79 Å². The van der Waals surface area contributed by atoms with E-state index in [2.05, 4.69) is 0 Å². The number of carbonyl (C=O) groups is 2. The average molecular weight is 287 g/mol. The van der Waals surface area contributed by atoms with Crippen LogP contribution in [0.15, 0.2) is 18.2 Å². The maximum absolute atomic E-state index is 11.8. The molecule has 1 atom stereocenters. The van der Waals surface area contributed by atoms with Crippen molar-refractivity contribution in [2.24, 2.45) is 0 Å². The van der Waals surface area contributed by atoms with Gasteiger partial charge in [-0.25, -0.2) is 4.79 Å². The molecule has 0 amide bonds. The van der Waals surface area contributed by atoms with Gasteiger partial charge in [0.05, 0.1) is 12.2 Å². The lowest BCUT2D eigenvalue weighted by atomic mass is 10.0. The minimum Gasteiger partial charge on any atom is -0.493 e. The standard InChI is InChI=1S/C13H15ClO5/c1-2-19-11-7-8(12(16)13(17)18)3-4-9(11)10(15)5-6-14/h3-4,7,12,16H,2,5-6H2,1H3,(H,17,18). The van der Waals surface area contributed by atoms with Crippen molar-refractivity contribution in [3.63, 3.8) is 0 Å². The molecule has 0 aliphatic heterocycles. The van der Waals surface area contributed by atoms with E-state index < -0.39 is 12.1 Å². The summed E-state index contributed by atoms with van der Waals surface area (Å²) in [6, 6.07) is 4.20. The summed E-state index contributed by atoms with van der Waals surface area (Å²) in [7, 11) is 0. The van der Waals surface area contributed by atoms with E-state index in [0.717, 1.165) is 0 Å². The Balaban J connectivity index is 3.14. The number of alkyl halides is 1. The van der Waals surface area contributed by atoms with Crippen molar-refractivity contribution >= 4 is 23.4 Å². The number of rotatable bonds is 7. The van der Waals surface area contributed by atoms with Crippen LogP contribution in [0.1, 0.15) is 35.4 Å². The van der Waals surface area contributed by atoms with Gasteiger partial charge in [-0.15, -0.1) is 11.6 Å². The monoisotopic (exact) mass is 286 g/mol. The second-order valence-electron chi connectivity index (χ2n) is 3.79. The van der Waals surface area contributed by atoms with Crippen molar-refractivity contribution < 1.29 is 24.5 Å². The number of carboxylic acid groups (broad SMARTS) is 1. The molecule has 19 heavy (non-hydrogen) atoms. The Kier molecular flexibility index (Phi) is 5.79. The molecule has 0 aliphatic carbocycles. The number of aliphatic carboxylic acids is 1. The summed E-state index contributed by atoms with van der Waals surface area (Å²) in [5.74, 6) is -1.09. The summed E-state index contributed by atoms with van der Waals surface area (Å²) >= 11 is 5.52. The first-order valence-corrected chi connectivity index (χ1v) is 6.31. The first kappa shape index (κ1) is 15.5. The molecule has 0 aliphatic rings. The number of aliphatic hydroxyl groups excluding tert-OH is 1. The van der Waals surface area contributed by atoms with E-state index in [1.165, 1.54) is 18.2 Å². The van der Waals surface area contributed by atoms with Gasteiger partial charge in [-0.2, -0.15) is 0 Å². The van der Waals surface area contributed by atoms with Crippen LogP contribution in [-0.4, -0.2) is 34.5 Å². The third-order valence-corrected chi connectivity index (χ3v) is 2.67. The number of carboxylic acids is 1. The fourth-order valence-corrected chi connectivity index (χ4v) is 1.75. The van der Waals surface area contributed by atoms with Crippen molar-refractivity contribution in [1.82, 2.24) is 0 Å². The third kappa shape index (κ3) is 3.94. The van der Waals surface area contributed by atoms with Gasteiger partial charge in [0.15, 0.2) is 11.9 Å². The van der Waals surface area contributed by atoms with Crippen molar-refractivity contribution in [1.29, 1.82) is 0 Å². The van der Waals surface area contributed by atoms with E-state index in [1.54, 1.807) is 6.92 Å². The second-order valence-corrected chi connectivity index (χ2v) is 4.17. The number of benzene rings is 1. The van der Waals surface area contributed by atoms with Crippen LogP contribution < -0.4 is 4.74 Å². The summed E-state index contributed by atoms with van der Waals surface area (Å²) in [6.45, 7) is 2.07. The van der Waals surface area contributed by atoms with Gasteiger partial charge in [0.25, 0.3) is 0 Å². The van der Waals surface area contributed by atoms with Crippen molar-refractivity contribution in [3.05, 3.63) is 29.3 Å². The van der Waals surface area contributed by atoms with Crippen molar-refractivity contribution in [2.45, 2.75) is 19.4 Å². The molecule has 1 aromatic carbocycles. The predicted octanol–water partition coefficient (Wildman–Crippen LogP) is 2.01.